The summed E-state index contributed by atoms with van der Waals surface area (Å²) in [5, 5.41) is 19.1. The third kappa shape index (κ3) is 3.47. The Balaban J connectivity index is 1.79. The van der Waals surface area contributed by atoms with Crippen LogP contribution in [-0.4, -0.2) is 17.9 Å². The summed E-state index contributed by atoms with van der Waals surface area (Å²) in [7, 11) is 1.24. The maximum Gasteiger partial charge on any atom is 0.659 e. The van der Waals surface area contributed by atoms with Crippen LogP contribution in [0.4, 0.5) is 0 Å². The maximum atomic E-state index is 8.88. The van der Waals surface area contributed by atoms with Gasteiger partial charge in [-0.1, -0.05) is 0 Å². The quantitative estimate of drug-likeness (QED) is 0.785. The number of hydrogen-bond donors (Lipinski definition) is 2. The van der Waals surface area contributed by atoms with Gasteiger partial charge in [0.1, 0.15) is 0 Å². The highest BCUT2D eigenvalue weighted by Gasteiger charge is 2.06. The Morgan fingerprint density at radius 1 is 0.882 bits per heavy atom. The van der Waals surface area contributed by atoms with E-state index in [9.17, 15) is 0 Å². The molecule has 0 saturated carbocycles. The zero-order valence-corrected chi connectivity index (χ0v) is 10.5. The maximum absolute atomic E-state index is 8.88. The van der Waals surface area contributed by atoms with Gasteiger partial charge in [-0.05, 0) is 24.3 Å². The molecule has 0 saturated heterocycles. The van der Waals surface area contributed by atoms with Gasteiger partial charge >= 0.3 is 7.69 Å². The average Bonchev–Trinajstić information content (AvgIpc) is 2.97. The molecule has 89 valence electrons. The molecular weight excluding hydrogens is 259 g/mol. The SMILES string of the molecule is OCc1ccc(O[B]Oc2ccc(CO)s2)s1. The van der Waals surface area contributed by atoms with Crippen LogP contribution in [0.1, 0.15) is 9.75 Å². The molecule has 7 heteroatoms. The van der Waals surface area contributed by atoms with E-state index in [1.807, 2.05) is 0 Å². The predicted molar refractivity (Wildman–Crippen MR) is 67.5 cm³/mol. The summed E-state index contributed by atoms with van der Waals surface area (Å²) in [6, 6.07) is 7.12. The Bertz CT molecular complexity index is 426. The number of hydrogen-bond acceptors (Lipinski definition) is 6. The van der Waals surface area contributed by atoms with Crippen LogP contribution < -0.4 is 9.31 Å². The molecule has 4 nitrogen and oxygen atoms in total. The summed E-state index contributed by atoms with van der Waals surface area (Å²) >= 11 is 2.72. The van der Waals surface area contributed by atoms with E-state index in [1.165, 1.54) is 30.4 Å². The van der Waals surface area contributed by atoms with Crippen molar-refractivity contribution in [3.63, 3.8) is 0 Å². The fourth-order valence-electron chi connectivity index (χ4n) is 1.13. The fourth-order valence-corrected chi connectivity index (χ4v) is 2.50. The van der Waals surface area contributed by atoms with E-state index >= 15 is 0 Å². The lowest BCUT2D eigenvalue weighted by molar-refractivity contribution is 0.285. The van der Waals surface area contributed by atoms with Crippen LogP contribution >= 0.6 is 22.7 Å². The van der Waals surface area contributed by atoms with Crippen molar-refractivity contribution in [2.45, 2.75) is 13.2 Å². The van der Waals surface area contributed by atoms with Crippen LogP contribution in [0.3, 0.4) is 0 Å². The Kier molecular flexibility index (Phi) is 4.44. The molecule has 0 aliphatic heterocycles. The summed E-state index contributed by atoms with van der Waals surface area (Å²) in [4.78, 5) is 1.68. The summed E-state index contributed by atoms with van der Waals surface area (Å²) in [6.07, 6.45) is 0. The van der Waals surface area contributed by atoms with E-state index in [1.54, 1.807) is 24.3 Å². The van der Waals surface area contributed by atoms with Crippen LogP contribution in [-0.2, 0) is 13.2 Å². The van der Waals surface area contributed by atoms with Crippen LogP contribution in [0, 0.1) is 0 Å². The molecule has 17 heavy (non-hydrogen) atoms. The van der Waals surface area contributed by atoms with Crippen molar-refractivity contribution >= 4 is 30.4 Å². The first-order valence-corrected chi connectivity index (χ1v) is 6.49. The summed E-state index contributed by atoms with van der Waals surface area (Å²) < 4.78 is 10.5. The summed E-state index contributed by atoms with van der Waals surface area (Å²) in [6.45, 7) is 0.0271. The van der Waals surface area contributed by atoms with Crippen molar-refractivity contribution in [2.75, 3.05) is 0 Å². The minimum Gasteiger partial charge on any atom is -0.519 e. The third-order valence-corrected chi connectivity index (χ3v) is 3.84. The van der Waals surface area contributed by atoms with Crippen molar-refractivity contribution in [3.8, 4) is 10.1 Å². The molecular formula is C10H10BO4S2. The molecule has 0 amide bonds. The van der Waals surface area contributed by atoms with Crippen LogP contribution in [0.15, 0.2) is 24.3 Å². The number of aliphatic hydroxyl groups excluding tert-OH is 2. The smallest absolute Gasteiger partial charge is 0.519 e. The zero-order chi connectivity index (χ0) is 12.1. The fraction of sp³-hybridized carbons (Fsp3) is 0.200. The number of rotatable bonds is 6. The molecule has 0 atom stereocenters. The molecule has 0 fully saturated rings. The molecule has 1 radical (unpaired) electrons. The molecule has 0 bridgehead atoms. The average molecular weight is 269 g/mol. The monoisotopic (exact) mass is 269 g/mol. The molecule has 2 heterocycles. The minimum atomic E-state index is 0.0136. The third-order valence-electron chi connectivity index (χ3n) is 1.91. The largest absolute Gasteiger partial charge is 0.659 e. The van der Waals surface area contributed by atoms with E-state index in [-0.39, 0.29) is 13.2 Å². The molecule has 2 aromatic heterocycles. The van der Waals surface area contributed by atoms with Crippen molar-refractivity contribution in [1.29, 1.82) is 0 Å². The number of thiophene rings is 2. The molecule has 0 spiro atoms. The van der Waals surface area contributed by atoms with Gasteiger partial charge < -0.3 is 19.5 Å². The normalized spacial score (nSPS) is 10.2. The molecule has 2 rings (SSSR count). The summed E-state index contributed by atoms with van der Waals surface area (Å²) in [5.74, 6) is 0. The van der Waals surface area contributed by atoms with Crippen molar-refractivity contribution < 1.29 is 19.5 Å². The highest BCUT2D eigenvalue weighted by molar-refractivity contribution is 7.14. The molecule has 2 N–H and O–H groups in total. The first-order valence-electron chi connectivity index (χ1n) is 4.86. The van der Waals surface area contributed by atoms with Gasteiger partial charge in [0.15, 0.2) is 10.1 Å². The Morgan fingerprint density at radius 3 is 1.71 bits per heavy atom. The van der Waals surface area contributed by atoms with Gasteiger partial charge in [0.25, 0.3) is 0 Å². The lowest BCUT2D eigenvalue weighted by Gasteiger charge is -2.01. The predicted octanol–water partition coefficient (Wildman–Crippen LogP) is 1.79. The van der Waals surface area contributed by atoms with Crippen LogP contribution in [0.25, 0.3) is 0 Å². The highest BCUT2D eigenvalue weighted by atomic mass is 32.1. The molecule has 0 aromatic carbocycles. The van der Waals surface area contributed by atoms with Gasteiger partial charge in [-0.2, -0.15) is 0 Å². The topological polar surface area (TPSA) is 58.9 Å². The second kappa shape index (κ2) is 6.06. The molecule has 2 aromatic rings. The van der Waals surface area contributed by atoms with Crippen molar-refractivity contribution in [2.24, 2.45) is 0 Å². The van der Waals surface area contributed by atoms with E-state index in [0.717, 1.165) is 9.75 Å². The minimum absolute atomic E-state index is 0.0136. The summed E-state index contributed by atoms with van der Waals surface area (Å²) in [5.41, 5.74) is 0. The first-order chi connectivity index (χ1) is 8.31. The van der Waals surface area contributed by atoms with E-state index in [2.05, 4.69) is 0 Å². The lowest BCUT2D eigenvalue weighted by atomic mass is 10.4. The first kappa shape index (κ1) is 12.4. The van der Waals surface area contributed by atoms with Gasteiger partial charge in [0.05, 0.1) is 13.2 Å². The van der Waals surface area contributed by atoms with Crippen LogP contribution in [0.5, 0.6) is 10.1 Å². The molecule has 0 aliphatic rings. The molecule has 0 aliphatic carbocycles. The van der Waals surface area contributed by atoms with Crippen molar-refractivity contribution in [1.82, 2.24) is 0 Å². The number of aliphatic hydroxyl groups is 2. The highest BCUT2D eigenvalue weighted by Crippen LogP contribution is 2.26. The van der Waals surface area contributed by atoms with Gasteiger partial charge in [-0.25, -0.2) is 0 Å². The van der Waals surface area contributed by atoms with E-state index < -0.39 is 0 Å². The van der Waals surface area contributed by atoms with Gasteiger partial charge in [-0.3, -0.25) is 0 Å². The lowest BCUT2D eigenvalue weighted by Crippen LogP contribution is -2.09. The van der Waals surface area contributed by atoms with Gasteiger partial charge in [-0.15, -0.1) is 22.7 Å². The second-order valence-corrected chi connectivity index (χ2v) is 5.35. The zero-order valence-electron chi connectivity index (χ0n) is 8.83. The Labute approximate surface area is 107 Å². The standard InChI is InChI=1S/C10H10BO4S2/c12-5-7-1-3-9(16-7)14-11-15-10-4-2-8(6-13)17-10/h1-4,12-13H,5-6H2. The Morgan fingerprint density at radius 2 is 1.35 bits per heavy atom. The van der Waals surface area contributed by atoms with E-state index in [4.69, 9.17) is 19.5 Å². The van der Waals surface area contributed by atoms with Crippen LogP contribution in [0.2, 0.25) is 0 Å². The van der Waals surface area contributed by atoms with Gasteiger partial charge in [0, 0.05) is 9.75 Å². The second-order valence-electron chi connectivity index (χ2n) is 3.09. The van der Waals surface area contributed by atoms with Gasteiger partial charge in [0.2, 0.25) is 0 Å². The van der Waals surface area contributed by atoms with Crippen molar-refractivity contribution in [3.05, 3.63) is 34.0 Å². The molecule has 0 unspecified atom stereocenters. The Hall–Kier alpha value is -1.02. The van der Waals surface area contributed by atoms with E-state index in [0.29, 0.717) is 10.1 Å².